The minimum absolute atomic E-state index is 0.525. The first-order chi connectivity index (χ1) is 22.8. The fourth-order valence-electron chi connectivity index (χ4n) is 7.02. The van der Waals surface area contributed by atoms with Crippen LogP contribution in [0.4, 0.5) is 0 Å². The molecule has 0 saturated carbocycles. The van der Waals surface area contributed by atoms with Gasteiger partial charge in [-0.3, -0.25) is 4.57 Å². The van der Waals surface area contributed by atoms with Crippen molar-refractivity contribution in [1.29, 1.82) is 0 Å². The van der Waals surface area contributed by atoms with Gasteiger partial charge in [0.15, 0.2) is 0 Å². The molecule has 0 aliphatic carbocycles. The normalized spacial score (nSPS) is 11.9. The van der Waals surface area contributed by atoms with Gasteiger partial charge in [-0.1, -0.05) is 78.9 Å². The number of furan rings is 1. The summed E-state index contributed by atoms with van der Waals surface area (Å²) in [6, 6.07) is 52.4. The Balaban J connectivity index is 1.11. The van der Waals surface area contributed by atoms with Crippen molar-refractivity contribution in [3.8, 4) is 23.1 Å². The van der Waals surface area contributed by atoms with Gasteiger partial charge in [-0.25, -0.2) is 0 Å². The molecule has 216 valence electrons. The van der Waals surface area contributed by atoms with Gasteiger partial charge < -0.3 is 13.7 Å². The summed E-state index contributed by atoms with van der Waals surface area (Å²) < 4.78 is 16.9. The molecule has 0 aliphatic rings. The Hall–Kier alpha value is -6.33. The fraction of sp³-hybridized carbons (Fsp3) is 0. The quantitative estimate of drug-likeness (QED) is 0.204. The predicted octanol–water partition coefficient (Wildman–Crippen LogP) is 11.0. The smallest absolute Gasteiger partial charge is 0.221 e. The summed E-state index contributed by atoms with van der Waals surface area (Å²) in [7, 11) is 0. The second-order valence-electron chi connectivity index (χ2n) is 11.6. The van der Waals surface area contributed by atoms with E-state index in [0.29, 0.717) is 11.6 Å². The predicted molar refractivity (Wildman–Crippen MR) is 187 cm³/mol. The van der Waals surface area contributed by atoms with Crippen LogP contribution in [0.15, 0.2) is 156 Å². The molecule has 5 nitrogen and oxygen atoms in total. The van der Waals surface area contributed by atoms with E-state index in [9.17, 15) is 0 Å². The highest BCUT2D eigenvalue weighted by molar-refractivity contribution is 6.12. The van der Waals surface area contributed by atoms with Gasteiger partial charge >= 0.3 is 0 Å². The third-order valence-corrected chi connectivity index (χ3v) is 9.00. The summed E-state index contributed by atoms with van der Waals surface area (Å²) in [5.74, 6) is 2.03. The summed E-state index contributed by atoms with van der Waals surface area (Å²) in [6.45, 7) is 0. The molecule has 4 heterocycles. The van der Waals surface area contributed by atoms with Crippen molar-refractivity contribution in [1.82, 2.24) is 14.1 Å². The van der Waals surface area contributed by atoms with Crippen LogP contribution in [0.25, 0.3) is 77.1 Å². The lowest BCUT2D eigenvalue weighted by Gasteiger charge is -2.11. The molecule has 0 N–H and O–H groups in total. The highest BCUT2D eigenvalue weighted by atomic mass is 16.5. The molecular weight excluding hydrogens is 566 g/mol. The lowest BCUT2D eigenvalue weighted by molar-refractivity contribution is 0.463. The summed E-state index contributed by atoms with van der Waals surface area (Å²) >= 11 is 0. The molecule has 5 heteroatoms. The number of ether oxygens (including phenoxy) is 1. The first-order valence-corrected chi connectivity index (χ1v) is 15.4. The van der Waals surface area contributed by atoms with Crippen LogP contribution in [0.1, 0.15) is 0 Å². The Kier molecular flexibility index (Phi) is 5.22. The number of hydrogen-bond acceptors (Lipinski definition) is 3. The zero-order chi connectivity index (χ0) is 30.2. The van der Waals surface area contributed by atoms with Crippen LogP contribution in [0, 0.1) is 0 Å². The average molecular weight is 592 g/mol. The summed E-state index contributed by atoms with van der Waals surface area (Å²) in [6.07, 6.45) is 0. The molecule has 0 aliphatic heterocycles. The van der Waals surface area contributed by atoms with E-state index in [1.54, 1.807) is 0 Å². The van der Waals surface area contributed by atoms with Crippen LogP contribution in [0.5, 0.6) is 11.6 Å². The van der Waals surface area contributed by atoms with Crippen molar-refractivity contribution in [2.24, 2.45) is 0 Å². The van der Waals surface area contributed by atoms with Crippen molar-refractivity contribution < 1.29 is 9.15 Å². The Morgan fingerprint density at radius 2 is 1.04 bits per heavy atom. The van der Waals surface area contributed by atoms with Crippen LogP contribution in [-0.4, -0.2) is 14.1 Å². The molecule has 0 radical (unpaired) electrons. The van der Waals surface area contributed by atoms with E-state index >= 15 is 0 Å². The largest absolute Gasteiger partial charge is 0.456 e. The Morgan fingerprint density at radius 1 is 0.435 bits per heavy atom. The number of rotatable bonds is 4. The number of fused-ring (bicyclic) bond motifs is 9. The molecule has 0 unspecified atom stereocenters. The molecule has 0 spiro atoms. The first kappa shape index (κ1) is 25.0. The van der Waals surface area contributed by atoms with Crippen molar-refractivity contribution in [2.45, 2.75) is 0 Å². The Bertz CT molecular complexity index is 2750. The SMILES string of the molecule is c1cc(Oc2ccc3oc4ccccc4c3c2)nc(-n2c3ccccc3c3cc(-n4c5ccccc5c5ccccc54)ccc32)c1. The van der Waals surface area contributed by atoms with Crippen LogP contribution in [0.2, 0.25) is 0 Å². The van der Waals surface area contributed by atoms with Gasteiger partial charge in [0.1, 0.15) is 22.7 Å². The van der Waals surface area contributed by atoms with E-state index in [1.165, 1.54) is 32.6 Å². The van der Waals surface area contributed by atoms with Gasteiger partial charge in [-0.15, -0.1) is 0 Å². The minimum atomic E-state index is 0.525. The standard InChI is InChI=1S/C41H25N3O2/c1-5-14-34-28(10-1)29-11-2-6-15-35(29)43(34)26-20-22-37-32(24-26)30-12-3-7-16-36(30)44(37)40-18-9-19-41(42-40)45-27-21-23-39-33(25-27)31-13-4-8-17-38(31)46-39/h1-25H. The van der Waals surface area contributed by atoms with E-state index < -0.39 is 0 Å². The number of hydrogen-bond donors (Lipinski definition) is 0. The van der Waals surface area contributed by atoms with Crippen molar-refractivity contribution >= 4 is 65.6 Å². The lowest BCUT2D eigenvalue weighted by atomic mass is 10.1. The average Bonchev–Trinajstić information content (AvgIpc) is 3.76. The molecule has 0 atom stereocenters. The molecule has 46 heavy (non-hydrogen) atoms. The lowest BCUT2D eigenvalue weighted by Crippen LogP contribution is -1.99. The Labute approximate surface area is 263 Å². The van der Waals surface area contributed by atoms with Crippen LogP contribution in [0.3, 0.4) is 0 Å². The number of benzene rings is 6. The highest BCUT2D eigenvalue weighted by Crippen LogP contribution is 2.37. The third-order valence-electron chi connectivity index (χ3n) is 9.00. The third kappa shape index (κ3) is 3.66. The number of aromatic nitrogens is 3. The molecular formula is C41H25N3O2. The van der Waals surface area contributed by atoms with Crippen LogP contribution >= 0.6 is 0 Å². The summed E-state index contributed by atoms with van der Waals surface area (Å²) in [5.41, 5.74) is 7.39. The summed E-state index contributed by atoms with van der Waals surface area (Å²) in [4.78, 5) is 5.01. The number of nitrogens with zero attached hydrogens (tertiary/aromatic N) is 3. The number of para-hydroxylation sites is 4. The maximum atomic E-state index is 6.35. The maximum Gasteiger partial charge on any atom is 0.221 e. The van der Waals surface area contributed by atoms with E-state index in [4.69, 9.17) is 14.1 Å². The molecule has 6 aromatic carbocycles. The molecule has 10 aromatic rings. The van der Waals surface area contributed by atoms with E-state index in [-0.39, 0.29) is 0 Å². The van der Waals surface area contributed by atoms with Crippen LogP contribution in [-0.2, 0) is 0 Å². The highest BCUT2D eigenvalue weighted by Gasteiger charge is 2.17. The Morgan fingerprint density at radius 3 is 1.80 bits per heavy atom. The van der Waals surface area contributed by atoms with E-state index in [0.717, 1.165) is 44.5 Å². The van der Waals surface area contributed by atoms with Crippen molar-refractivity contribution in [3.05, 3.63) is 152 Å². The summed E-state index contributed by atoms with van der Waals surface area (Å²) in [5, 5.41) is 6.93. The maximum absolute atomic E-state index is 6.35. The monoisotopic (exact) mass is 591 g/mol. The van der Waals surface area contributed by atoms with Gasteiger partial charge in [-0.2, -0.15) is 4.98 Å². The second-order valence-corrected chi connectivity index (χ2v) is 11.6. The van der Waals surface area contributed by atoms with Gasteiger partial charge in [-0.05, 0) is 66.7 Å². The minimum Gasteiger partial charge on any atom is -0.456 e. The topological polar surface area (TPSA) is 45.1 Å². The van der Waals surface area contributed by atoms with E-state index in [2.05, 4.69) is 106 Å². The molecule has 10 rings (SSSR count). The fourth-order valence-corrected chi connectivity index (χ4v) is 7.02. The number of pyridine rings is 1. The molecule has 0 bridgehead atoms. The molecule has 0 saturated heterocycles. The zero-order valence-corrected chi connectivity index (χ0v) is 24.6. The zero-order valence-electron chi connectivity index (χ0n) is 24.6. The van der Waals surface area contributed by atoms with Crippen molar-refractivity contribution in [2.75, 3.05) is 0 Å². The van der Waals surface area contributed by atoms with Crippen molar-refractivity contribution in [3.63, 3.8) is 0 Å². The molecule has 0 amide bonds. The molecule has 0 fully saturated rings. The van der Waals surface area contributed by atoms with Gasteiger partial charge in [0.2, 0.25) is 5.88 Å². The van der Waals surface area contributed by atoms with Gasteiger partial charge in [0.05, 0.1) is 22.1 Å². The first-order valence-electron chi connectivity index (χ1n) is 15.4. The van der Waals surface area contributed by atoms with Gasteiger partial charge in [0, 0.05) is 44.1 Å². The van der Waals surface area contributed by atoms with Gasteiger partial charge in [0.25, 0.3) is 0 Å². The van der Waals surface area contributed by atoms with Crippen LogP contribution < -0.4 is 4.74 Å². The molecule has 4 aromatic heterocycles. The van der Waals surface area contributed by atoms with E-state index in [1.807, 2.05) is 54.6 Å². The second kappa shape index (κ2) is 9.58.